The highest BCUT2D eigenvalue weighted by molar-refractivity contribution is 8.01. The molecule has 0 saturated heterocycles. The van der Waals surface area contributed by atoms with E-state index in [4.69, 9.17) is 0 Å². The molecule has 8 heteroatoms. The molecule has 1 aromatic carbocycles. The van der Waals surface area contributed by atoms with E-state index in [1.807, 2.05) is 48.7 Å². The summed E-state index contributed by atoms with van der Waals surface area (Å²) in [5.41, 5.74) is 1.10. The minimum Gasteiger partial charge on any atom is -0.317 e. The second kappa shape index (κ2) is 13.8. The standard InChI is InChI=1S/C18H20N3O2PS.C8H19N/c1-3-8-25-10-13-9-16-17(23)21(14-4-6-15(24)7-5-14)18(2,12-22)11-20(16)19-13;1-4-6-8(9-3)7-5-2/h3-9,12H,10-11,24H2,1-2H3;8-9H,4-7H2,1-3H3/b8-3-;. The van der Waals surface area contributed by atoms with Gasteiger partial charge in [0.2, 0.25) is 0 Å². The SMILES string of the molecule is C/C=C\SCc1cc2n(n1)CC(C)(C=O)N(c1ccc(P)cc1)C2=O.CCCC(CCC)NC. The molecule has 1 N–H and O–H groups in total. The first-order chi connectivity index (χ1) is 16.3. The summed E-state index contributed by atoms with van der Waals surface area (Å²) in [5, 5.41) is 10.8. The fourth-order valence-corrected chi connectivity index (χ4v) is 4.83. The number of aldehydes is 1. The molecule has 0 fully saturated rings. The molecule has 1 amide bonds. The highest BCUT2D eigenvalue weighted by Gasteiger charge is 2.43. The summed E-state index contributed by atoms with van der Waals surface area (Å²) in [6, 6.07) is 10.1. The number of benzene rings is 1. The molecule has 1 aliphatic rings. The zero-order valence-electron chi connectivity index (χ0n) is 21.1. The number of amides is 1. The predicted molar refractivity (Wildman–Crippen MR) is 148 cm³/mol. The average Bonchev–Trinajstić information content (AvgIpc) is 3.23. The van der Waals surface area contributed by atoms with Crippen LogP contribution >= 0.6 is 21.0 Å². The Morgan fingerprint density at radius 2 is 1.88 bits per heavy atom. The molecule has 1 aliphatic heterocycles. The summed E-state index contributed by atoms with van der Waals surface area (Å²) < 4.78 is 1.66. The number of carbonyl (C=O) groups excluding carboxylic acids is 2. The zero-order chi connectivity index (χ0) is 25.1. The largest absolute Gasteiger partial charge is 0.317 e. The van der Waals surface area contributed by atoms with E-state index < -0.39 is 5.54 Å². The minimum absolute atomic E-state index is 0.202. The summed E-state index contributed by atoms with van der Waals surface area (Å²) in [6.45, 7) is 8.54. The summed E-state index contributed by atoms with van der Waals surface area (Å²) in [7, 11) is 4.67. The summed E-state index contributed by atoms with van der Waals surface area (Å²) in [4.78, 5) is 26.5. The quantitative estimate of drug-likeness (QED) is 0.368. The molecule has 2 heterocycles. The van der Waals surface area contributed by atoms with Gasteiger partial charge in [-0.15, -0.1) is 21.0 Å². The monoisotopic (exact) mass is 502 g/mol. The Hall–Kier alpha value is -1.95. The smallest absolute Gasteiger partial charge is 0.277 e. The van der Waals surface area contributed by atoms with Crippen LogP contribution in [0.25, 0.3) is 0 Å². The number of hydrogen-bond donors (Lipinski definition) is 1. The van der Waals surface area contributed by atoms with Gasteiger partial charge in [-0.25, -0.2) is 0 Å². The molecule has 186 valence electrons. The van der Waals surface area contributed by atoms with Gasteiger partial charge in [-0.3, -0.25) is 14.4 Å². The molecular formula is C26H39N4O2PS. The van der Waals surface area contributed by atoms with Gasteiger partial charge in [0.15, 0.2) is 0 Å². The van der Waals surface area contributed by atoms with E-state index >= 15 is 0 Å². The van der Waals surface area contributed by atoms with Gasteiger partial charge in [0.05, 0.1) is 12.2 Å². The Bertz CT molecular complexity index is 954. The van der Waals surface area contributed by atoms with Gasteiger partial charge >= 0.3 is 0 Å². The number of carbonyl (C=O) groups is 2. The maximum atomic E-state index is 13.1. The molecule has 0 radical (unpaired) electrons. The average molecular weight is 503 g/mol. The van der Waals surface area contributed by atoms with Gasteiger partial charge in [-0.05, 0) is 62.6 Å². The van der Waals surface area contributed by atoms with Crippen LogP contribution in [0.1, 0.15) is 69.6 Å². The van der Waals surface area contributed by atoms with Gasteiger partial charge in [0.25, 0.3) is 5.91 Å². The first-order valence-corrected chi connectivity index (χ1v) is 13.6. The number of thioether (sulfide) groups is 1. The lowest BCUT2D eigenvalue weighted by molar-refractivity contribution is -0.112. The molecule has 3 rings (SSSR count). The fraction of sp³-hybridized carbons (Fsp3) is 0.500. The molecule has 0 spiro atoms. The maximum absolute atomic E-state index is 13.1. The van der Waals surface area contributed by atoms with Crippen LogP contribution in [-0.4, -0.2) is 40.6 Å². The molecule has 0 aliphatic carbocycles. The molecular weight excluding hydrogens is 463 g/mol. The van der Waals surface area contributed by atoms with Crippen molar-refractivity contribution in [3.05, 3.63) is 53.2 Å². The summed E-state index contributed by atoms with van der Waals surface area (Å²) >= 11 is 1.62. The lowest BCUT2D eigenvalue weighted by atomic mass is 9.97. The van der Waals surface area contributed by atoms with Crippen LogP contribution < -0.4 is 15.5 Å². The summed E-state index contributed by atoms with van der Waals surface area (Å²) in [5.74, 6) is 0.490. The highest BCUT2D eigenvalue weighted by atomic mass is 32.2. The summed E-state index contributed by atoms with van der Waals surface area (Å²) in [6.07, 6.45) is 8.04. The zero-order valence-corrected chi connectivity index (χ0v) is 23.1. The fourth-order valence-electron chi connectivity index (χ4n) is 4.04. The van der Waals surface area contributed by atoms with E-state index in [1.165, 1.54) is 25.7 Å². The van der Waals surface area contributed by atoms with Crippen molar-refractivity contribution in [2.75, 3.05) is 11.9 Å². The first kappa shape index (κ1) is 28.3. The van der Waals surface area contributed by atoms with Crippen molar-refractivity contribution in [2.45, 2.75) is 77.3 Å². The third-order valence-electron chi connectivity index (χ3n) is 5.78. The third kappa shape index (κ3) is 7.27. The lowest BCUT2D eigenvalue weighted by Gasteiger charge is -2.40. The van der Waals surface area contributed by atoms with Crippen LogP contribution in [0, 0.1) is 0 Å². The van der Waals surface area contributed by atoms with Crippen LogP contribution in [-0.2, 0) is 17.1 Å². The second-order valence-electron chi connectivity index (χ2n) is 8.73. The van der Waals surface area contributed by atoms with Crippen LogP contribution in [0.4, 0.5) is 5.69 Å². The Morgan fingerprint density at radius 1 is 1.24 bits per heavy atom. The Morgan fingerprint density at radius 3 is 2.41 bits per heavy atom. The third-order valence-corrected chi connectivity index (χ3v) is 7.10. The molecule has 0 bridgehead atoms. The van der Waals surface area contributed by atoms with Crippen molar-refractivity contribution in [1.82, 2.24) is 15.1 Å². The van der Waals surface area contributed by atoms with E-state index in [2.05, 4.69) is 40.6 Å². The molecule has 2 aromatic rings. The van der Waals surface area contributed by atoms with Gasteiger partial charge in [-0.2, -0.15) is 5.10 Å². The van der Waals surface area contributed by atoms with E-state index in [0.29, 0.717) is 23.7 Å². The first-order valence-electron chi connectivity index (χ1n) is 12.0. The predicted octanol–water partition coefficient (Wildman–Crippen LogP) is 4.94. The lowest BCUT2D eigenvalue weighted by Crippen LogP contribution is -2.58. The molecule has 0 saturated carbocycles. The highest BCUT2D eigenvalue weighted by Crippen LogP contribution is 2.31. The van der Waals surface area contributed by atoms with Crippen LogP contribution in [0.2, 0.25) is 0 Å². The van der Waals surface area contributed by atoms with E-state index in [9.17, 15) is 9.59 Å². The van der Waals surface area contributed by atoms with Crippen LogP contribution in [0.3, 0.4) is 0 Å². The number of anilines is 1. The van der Waals surface area contributed by atoms with E-state index in [0.717, 1.165) is 23.3 Å². The molecule has 2 atom stereocenters. The molecule has 34 heavy (non-hydrogen) atoms. The van der Waals surface area contributed by atoms with Crippen molar-refractivity contribution in [3.63, 3.8) is 0 Å². The second-order valence-corrected chi connectivity index (χ2v) is 10.3. The van der Waals surface area contributed by atoms with Crippen molar-refractivity contribution in [1.29, 1.82) is 0 Å². The topological polar surface area (TPSA) is 67.2 Å². The van der Waals surface area contributed by atoms with Crippen molar-refractivity contribution in [3.8, 4) is 0 Å². The Kier molecular flexibility index (Phi) is 11.5. The normalized spacial score (nSPS) is 17.6. The molecule has 2 unspecified atom stereocenters. The molecule has 1 aromatic heterocycles. The van der Waals surface area contributed by atoms with E-state index in [-0.39, 0.29) is 5.91 Å². The van der Waals surface area contributed by atoms with Crippen molar-refractivity contribution in [2.24, 2.45) is 0 Å². The molecule has 6 nitrogen and oxygen atoms in total. The van der Waals surface area contributed by atoms with Crippen LogP contribution in [0.15, 0.2) is 41.8 Å². The number of hydrogen-bond acceptors (Lipinski definition) is 5. The van der Waals surface area contributed by atoms with Gasteiger partial charge in [0, 0.05) is 17.5 Å². The Balaban J connectivity index is 0.000000387. The number of rotatable bonds is 10. The van der Waals surface area contributed by atoms with Crippen molar-refractivity contribution < 1.29 is 9.59 Å². The maximum Gasteiger partial charge on any atom is 0.277 e. The van der Waals surface area contributed by atoms with Gasteiger partial charge in [-0.1, -0.05) is 44.9 Å². The van der Waals surface area contributed by atoms with E-state index in [1.54, 1.807) is 28.3 Å². The number of allylic oxidation sites excluding steroid dienone is 1. The van der Waals surface area contributed by atoms with Crippen LogP contribution in [0.5, 0.6) is 0 Å². The number of aromatic nitrogens is 2. The van der Waals surface area contributed by atoms with Gasteiger partial charge in [0.1, 0.15) is 17.5 Å². The number of nitrogens with zero attached hydrogens (tertiary/aromatic N) is 3. The van der Waals surface area contributed by atoms with Crippen molar-refractivity contribution >= 4 is 44.2 Å². The number of nitrogens with one attached hydrogen (secondary N) is 1. The number of fused-ring (bicyclic) bond motifs is 1. The Labute approximate surface area is 211 Å². The van der Waals surface area contributed by atoms with Gasteiger partial charge < -0.3 is 10.1 Å². The minimum atomic E-state index is -0.966.